The van der Waals surface area contributed by atoms with Crippen LogP contribution in [0.25, 0.3) is 0 Å². The number of nitrogens with two attached hydrogens (primary N) is 1. The molecule has 1 aliphatic heterocycles. The third-order valence-electron chi connectivity index (χ3n) is 3.77. The van der Waals surface area contributed by atoms with Crippen LogP contribution in [0, 0.1) is 0 Å². The largest absolute Gasteiger partial charge is 0.495 e. The van der Waals surface area contributed by atoms with E-state index < -0.39 is 5.60 Å². The summed E-state index contributed by atoms with van der Waals surface area (Å²) in [5.74, 6) is 0.736. The van der Waals surface area contributed by atoms with Crippen molar-refractivity contribution in [1.29, 1.82) is 0 Å². The van der Waals surface area contributed by atoms with E-state index in [1.54, 1.807) is 12.0 Å². The molecule has 0 atom stereocenters. The Morgan fingerprint density at radius 2 is 1.96 bits per heavy atom. The molecule has 1 aromatic carbocycles. The van der Waals surface area contributed by atoms with Crippen molar-refractivity contribution in [3.05, 3.63) is 18.2 Å². The SMILES string of the molecule is COc1cccc(N)c1NC1CCN(C(=O)OC(C)(C)C)CC1. The summed E-state index contributed by atoms with van der Waals surface area (Å²) in [6.45, 7) is 6.97. The van der Waals surface area contributed by atoms with Gasteiger partial charge in [0, 0.05) is 19.1 Å². The molecule has 128 valence electrons. The van der Waals surface area contributed by atoms with Gasteiger partial charge in [-0.1, -0.05) is 6.07 Å². The normalized spacial score (nSPS) is 16.1. The second kappa shape index (κ2) is 6.98. The highest BCUT2D eigenvalue weighted by atomic mass is 16.6. The number of carbonyl (C=O) groups is 1. The number of methoxy groups -OCH3 is 1. The average molecular weight is 321 g/mol. The molecule has 0 aliphatic carbocycles. The number of carbonyl (C=O) groups excluding carboxylic acids is 1. The monoisotopic (exact) mass is 321 g/mol. The van der Waals surface area contributed by atoms with Crippen molar-refractivity contribution >= 4 is 17.5 Å². The van der Waals surface area contributed by atoms with Crippen LogP contribution < -0.4 is 15.8 Å². The summed E-state index contributed by atoms with van der Waals surface area (Å²) in [6, 6.07) is 5.85. The Hall–Kier alpha value is -2.11. The molecule has 6 heteroatoms. The van der Waals surface area contributed by atoms with Crippen molar-refractivity contribution in [2.24, 2.45) is 0 Å². The van der Waals surface area contributed by atoms with Crippen LogP contribution in [0.5, 0.6) is 5.75 Å². The summed E-state index contributed by atoms with van der Waals surface area (Å²) in [5.41, 5.74) is 7.06. The first-order valence-corrected chi connectivity index (χ1v) is 7.97. The molecule has 1 amide bonds. The van der Waals surface area contributed by atoms with Crippen LogP contribution in [0.4, 0.5) is 16.2 Å². The van der Waals surface area contributed by atoms with Gasteiger partial charge in [-0.05, 0) is 45.7 Å². The minimum Gasteiger partial charge on any atom is -0.495 e. The number of likely N-dealkylation sites (tertiary alicyclic amines) is 1. The second-order valence-electron chi connectivity index (χ2n) is 6.81. The van der Waals surface area contributed by atoms with Crippen molar-refractivity contribution in [3.63, 3.8) is 0 Å². The molecular formula is C17H27N3O3. The van der Waals surface area contributed by atoms with Crippen LogP contribution >= 0.6 is 0 Å². The molecule has 1 fully saturated rings. The number of benzene rings is 1. The minimum atomic E-state index is -0.460. The lowest BCUT2D eigenvalue weighted by Gasteiger charge is -2.34. The number of hydrogen-bond donors (Lipinski definition) is 2. The molecule has 0 radical (unpaired) electrons. The molecule has 2 rings (SSSR count). The van der Waals surface area contributed by atoms with E-state index in [0.717, 1.165) is 24.3 Å². The Morgan fingerprint density at radius 1 is 1.30 bits per heavy atom. The second-order valence-corrected chi connectivity index (χ2v) is 6.81. The zero-order chi connectivity index (χ0) is 17.0. The number of rotatable bonds is 3. The number of hydrogen-bond acceptors (Lipinski definition) is 5. The van der Waals surface area contributed by atoms with Crippen LogP contribution in [0.15, 0.2) is 18.2 Å². The molecule has 0 unspecified atom stereocenters. The van der Waals surface area contributed by atoms with Crippen molar-refractivity contribution in [2.75, 3.05) is 31.2 Å². The lowest BCUT2D eigenvalue weighted by Crippen LogP contribution is -2.44. The molecule has 23 heavy (non-hydrogen) atoms. The van der Waals surface area contributed by atoms with E-state index in [1.165, 1.54) is 0 Å². The lowest BCUT2D eigenvalue weighted by molar-refractivity contribution is 0.0210. The van der Waals surface area contributed by atoms with Gasteiger partial charge in [0.2, 0.25) is 0 Å². The van der Waals surface area contributed by atoms with Crippen molar-refractivity contribution in [3.8, 4) is 5.75 Å². The third-order valence-corrected chi connectivity index (χ3v) is 3.77. The number of nitrogens with zero attached hydrogens (tertiary/aromatic N) is 1. The van der Waals surface area contributed by atoms with Crippen LogP contribution in [0.1, 0.15) is 33.6 Å². The van der Waals surface area contributed by atoms with E-state index in [0.29, 0.717) is 18.8 Å². The fourth-order valence-electron chi connectivity index (χ4n) is 2.61. The summed E-state index contributed by atoms with van der Waals surface area (Å²) in [7, 11) is 1.63. The zero-order valence-electron chi connectivity index (χ0n) is 14.4. The van der Waals surface area contributed by atoms with Gasteiger partial charge in [0.1, 0.15) is 17.0 Å². The van der Waals surface area contributed by atoms with Crippen LogP contribution in [-0.2, 0) is 4.74 Å². The number of amides is 1. The predicted molar refractivity (Wildman–Crippen MR) is 91.9 cm³/mol. The molecule has 1 saturated heterocycles. The Labute approximate surface area is 137 Å². The fourth-order valence-corrected chi connectivity index (χ4v) is 2.61. The highest BCUT2D eigenvalue weighted by Gasteiger charge is 2.27. The molecule has 0 bridgehead atoms. The Kier molecular flexibility index (Phi) is 5.23. The Morgan fingerprint density at radius 3 is 2.52 bits per heavy atom. The maximum Gasteiger partial charge on any atom is 0.410 e. The van der Waals surface area contributed by atoms with Gasteiger partial charge in [-0.25, -0.2) is 4.79 Å². The fraction of sp³-hybridized carbons (Fsp3) is 0.588. The van der Waals surface area contributed by atoms with E-state index in [1.807, 2.05) is 39.0 Å². The number of nitrogen functional groups attached to an aromatic ring is 1. The van der Waals surface area contributed by atoms with Crippen molar-refractivity contribution < 1.29 is 14.3 Å². The molecule has 1 heterocycles. The summed E-state index contributed by atoms with van der Waals surface area (Å²) >= 11 is 0. The minimum absolute atomic E-state index is 0.243. The average Bonchev–Trinajstić information content (AvgIpc) is 2.48. The first-order chi connectivity index (χ1) is 10.8. The number of ether oxygens (including phenoxy) is 2. The number of para-hydroxylation sites is 1. The van der Waals surface area contributed by atoms with Gasteiger partial charge in [-0.3, -0.25) is 0 Å². The van der Waals surface area contributed by atoms with Gasteiger partial charge >= 0.3 is 6.09 Å². The Bertz CT molecular complexity index is 547. The van der Waals surface area contributed by atoms with Gasteiger partial charge in [0.15, 0.2) is 0 Å². The van der Waals surface area contributed by atoms with Gasteiger partial charge in [-0.2, -0.15) is 0 Å². The first kappa shape index (κ1) is 17.2. The topological polar surface area (TPSA) is 76.8 Å². The van der Waals surface area contributed by atoms with Crippen LogP contribution in [-0.4, -0.2) is 42.8 Å². The molecule has 0 spiro atoms. The van der Waals surface area contributed by atoms with Gasteiger partial charge in [0.25, 0.3) is 0 Å². The molecular weight excluding hydrogens is 294 g/mol. The maximum absolute atomic E-state index is 12.1. The summed E-state index contributed by atoms with van der Waals surface area (Å²) in [4.78, 5) is 13.8. The van der Waals surface area contributed by atoms with E-state index in [2.05, 4.69) is 5.32 Å². The highest BCUT2D eigenvalue weighted by Crippen LogP contribution is 2.32. The third kappa shape index (κ3) is 4.68. The highest BCUT2D eigenvalue weighted by molar-refractivity contribution is 5.74. The van der Waals surface area contributed by atoms with Crippen molar-refractivity contribution in [2.45, 2.75) is 45.3 Å². The van der Waals surface area contributed by atoms with E-state index in [4.69, 9.17) is 15.2 Å². The summed E-state index contributed by atoms with van der Waals surface area (Å²) in [6.07, 6.45) is 1.45. The molecule has 0 saturated carbocycles. The molecule has 3 N–H and O–H groups in total. The molecule has 0 aromatic heterocycles. The van der Waals surface area contributed by atoms with Gasteiger partial charge < -0.3 is 25.4 Å². The maximum atomic E-state index is 12.1. The summed E-state index contributed by atoms with van der Waals surface area (Å²) < 4.78 is 10.8. The molecule has 1 aliphatic rings. The predicted octanol–water partition coefficient (Wildman–Crippen LogP) is 3.09. The number of nitrogens with one attached hydrogen (secondary N) is 1. The zero-order valence-corrected chi connectivity index (χ0v) is 14.4. The van der Waals surface area contributed by atoms with E-state index in [9.17, 15) is 4.79 Å². The quantitative estimate of drug-likeness (QED) is 0.837. The smallest absolute Gasteiger partial charge is 0.410 e. The molecule has 6 nitrogen and oxygen atoms in total. The van der Waals surface area contributed by atoms with E-state index >= 15 is 0 Å². The standard InChI is InChI=1S/C17H27N3O3/c1-17(2,3)23-16(21)20-10-8-12(9-11-20)19-15-13(18)6-5-7-14(15)22-4/h5-7,12,19H,8-11,18H2,1-4H3. The lowest BCUT2D eigenvalue weighted by atomic mass is 10.0. The van der Waals surface area contributed by atoms with Crippen LogP contribution in [0.2, 0.25) is 0 Å². The number of piperidine rings is 1. The number of anilines is 2. The van der Waals surface area contributed by atoms with Crippen molar-refractivity contribution in [1.82, 2.24) is 4.90 Å². The van der Waals surface area contributed by atoms with Gasteiger partial charge in [-0.15, -0.1) is 0 Å². The first-order valence-electron chi connectivity index (χ1n) is 7.97. The van der Waals surface area contributed by atoms with E-state index in [-0.39, 0.29) is 12.1 Å². The molecule has 1 aromatic rings. The summed E-state index contributed by atoms with van der Waals surface area (Å²) in [5, 5.41) is 3.45. The van der Waals surface area contributed by atoms with Crippen LogP contribution in [0.3, 0.4) is 0 Å². The Balaban J connectivity index is 1.92. The van der Waals surface area contributed by atoms with Gasteiger partial charge in [0.05, 0.1) is 12.8 Å².